The Morgan fingerprint density at radius 2 is 2.00 bits per heavy atom. The van der Waals surface area contributed by atoms with Crippen LogP contribution < -0.4 is 14.8 Å². The molecule has 1 aliphatic carbocycles. The number of fused-ring (bicyclic) bond motifs is 1. The Morgan fingerprint density at radius 1 is 1.20 bits per heavy atom. The largest absolute Gasteiger partial charge is 0.493 e. The number of methoxy groups -OCH3 is 1. The van der Waals surface area contributed by atoms with Crippen molar-refractivity contribution in [1.29, 1.82) is 0 Å². The molecule has 1 amide bonds. The first-order valence-electron chi connectivity index (χ1n) is 12.8. The van der Waals surface area contributed by atoms with Gasteiger partial charge in [-0.05, 0) is 62.4 Å². The molecule has 1 unspecified atom stereocenters. The van der Waals surface area contributed by atoms with E-state index in [0.29, 0.717) is 6.61 Å². The molecule has 1 aliphatic rings. The number of aryl methyl sites for hydroxylation is 1. The molecule has 6 heteroatoms. The van der Waals surface area contributed by atoms with Gasteiger partial charge in [-0.15, -0.1) is 6.58 Å². The second-order valence-corrected chi connectivity index (χ2v) is 9.36. The summed E-state index contributed by atoms with van der Waals surface area (Å²) in [6.07, 6.45) is 8.98. The molecule has 0 aliphatic heterocycles. The van der Waals surface area contributed by atoms with E-state index in [2.05, 4.69) is 22.5 Å². The zero-order valence-electron chi connectivity index (χ0n) is 21.0. The van der Waals surface area contributed by atoms with E-state index in [1.165, 1.54) is 6.42 Å². The molecule has 1 saturated carbocycles. The van der Waals surface area contributed by atoms with Gasteiger partial charge in [-0.3, -0.25) is 4.79 Å². The van der Waals surface area contributed by atoms with Crippen molar-refractivity contribution in [3.8, 4) is 11.5 Å². The van der Waals surface area contributed by atoms with Crippen molar-refractivity contribution >= 4 is 16.9 Å². The molecule has 35 heavy (non-hydrogen) atoms. The van der Waals surface area contributed by atoms with Gasteiger partial charge < -0.3 is 19.4 Å². The highest BCUT2D eigenvalue weighted by molar-refractivity contribution is 5.80. The molecular weight excluding hydrogens is 438 g/mol. The average Bonchev–Trinajstić information content (AvgIpc) is 3.26. The Bertz CT molecular complexity index is 1150. The van der Waals surface area contributed by atoms with Crippen LogP contribution in [-0.2, 0) is 17.8 Å². The zero-order chi connectivity index (χ0) is 24.6. The maximum absolute atomic E-state index is 12.9. The molecule has 6 nitrogen and oxygen atoms in total. The van der Waals surface area contributed by atoms with Crippen LogP contribution in [0.5, 0.6) is 11.5 Å². The number of carbonyl (C=O) groups excluding carboxylic acids is 1. The van der Waals surface area contributed by atoms with Gasteiger partial charge in [-0.25, -0.2) is 4.98 Å². The third-order valence-electron chi connectivity index (χ3n) is 6.80. The summed E-state index contributed by atoms with van der Waals surface area (Å²) in [5.74, 6) is 2.65. The summed E-state index contributed by atoms with van der Waals surface area (Å²) >= 11 is 0. The molecule has 1 N–H and O–H groups in total. The van der Waals surface area contributed by atoms with Crippen molar-refractivity contribution in [3.05, 3.63) is 66.5 Å². The van der Waals surface area contributed by atoms with Crippen LogP contribution in [0.25, 0.3) is 11.0 Å². The van der Waals surface area contributed by atoms with Gasteiger partial charge >= 0.3 is 0 Å². The van der Waals surface area contributed by atoms with Crippen LogP contribution in [0, 0.1) is 5.92 Å². The highest BCUT2D eigenvalue weighted by Crippen LogP contribution is 2.29. The van der Waals surface area contributed by atoms with E-state index in [9.17, 15) is 4.79 Å². The number of nitrogens with one attached hydrogen (secondary N) is 1. The van der Waals surface area contributed by atoms with Crippen molar-refractivity contribution in [3.63, 3.8) is 0 Å². The van der Waals surface area contributed by atoms with Crippen molar-refractivity contribution in [1.82, 2.24) is 14.9 Å². The summed E-state index contributed by atoms with van der Waals surface area (Å²) in [6.45, 7) is 7.12. The molecular formula is C29H37N3O3. The van der Waals surface area contributed by atoms with Gasteiger partial charge in [-0.1, -0.05) is 43.5 Å². The number of hydrogen-bond donors (Lipinski definition) is 1. The quantitative estimate of drug-likeness (QED) is 0.273. The van der Waals surface area contributed by atoms with E-state index < -0.39 is 0 Å². The molecule has 1 heterocycles. The van der Waals surface area contributed by atoms with Crippen molar-refractivity contribution in [2.45, 2.75) is 64.5 Å². The predicted molar refractivity (Wildman–Crippen MR) is 140 cm³/mol. The van der Waals surface area contributed by atoms with Crippen LogP contribution in [0.3, 0.4) is 0 Å². The van der Waals surface area contributed by atoms with Gasteiger partial charge in [0.25, 0.3) is 0 Å². The Kier molecular flexibility index (Phi) is 8.45. The number of ether oxygens (including phenoxy) is 2. The molecule has 1 fully saturated rings. The van der Waals surface area contributed by atoms with Crippen molar-refractivity contribution < 1.29 is 14.3 Å². The van der Waals surface area contributed by atoms with Crippen LogP contribution >= 0.6 is 0 Å². The molecule has 0 saturated heterocycles. The van der Waals surface area contributed by atoms with E-state index in [-0.39, 0.29) is 17.9 Å². The van der Waals surface area contributed by atoms with E-state index in [1.807, 2.05) is 49.4 Å². The summed E-state index contributed by atoms with van der Waals surface area (Å²) in [6, 6.07) is 14.0. The molecule has 0 bridgehead atoms. The minimum absolute atomic E-state index is 0.130. The number of rotatable bonds is 11. The summed E-state index contributed by atoms with van der Waals surface area (Å²) < 4.78 is 13.8. The van der Waals surface area contributed by atoms with Gasteiger partial charge in [0, 0.05) is 12.5 Å². The van der Waals surface area contributed by atoms with Gasteiger partial charge in [-0.2, -0.15) is 0 Å². The fraction of sp³-hybridized carbons (Fsp3) is 0.448. The maximum Gasteiger partial charge on any atom is 0.223 e. The molecule has 2 aromatic carbocycles. The number of benzene rings is 2. The lowest BCUT2D eigenvalue weighted by Gasteiger charge is -2.23. The van der Waals surface area contributed by atoms with E-state index in [4.69, 9.17) is 14.5 Å². The number of amides is 1. The van der Waals surface area contributed by atoms with Crippen LogP contribution in [0.2, 0.25) is 0 Å². The summed E-state index contributed by atoms with van der Waals surface area (Å²) in [5, 5.41) is 3.24. The van der Waals surface area contributed by atoms with Crippen LogP contribution in [0.4, 0.5) is 0 Å². The molecule has 1 aromatic heterocycles. The number of imidazole rings is 1. The molecule has 0 spiro atoms. The lowest BCUT2D eigenvalue weighted by molar-refractivity contribution is -0.126. The third-order valence-corrected chi connectivity index (χ3v) is 6.80. The van der Waals surface area contributed by atoms with Gasteiger partial charge in [0.2, 0.25) is 5.91 Å². The zero-order valence-corrected chi connectivity index (χ0v) is 21.0. The molecule has 3 aromatic rings. The first kappa shape index (κ1) is 24.8. The minimum atomic E-state index is -0.157. The fourth-order valence-electron chi connectivity index (χ4n) is 4.95. The Hall–Kier alpha value is -3.28. The minimum Gasteiger partial charge on any atom is -0.493 e. The van der Waals surface area contributed by atoms with E-state index >= 15 is 0 Å². The lowest BCUT2D eigenvalue weighted by atomic mass is 9.88. The SMILES string of the molecule is C=CCc1ccc(OCCCn2c(C(C)NC(=O)C3CCCCC3)nc3ccccc32)c(OC)c1. The number of carbonyl (C=O) groups is 1. The lowest BCUT2D eigenvalue weighted by Crippen LogP contribution is -2.35. The topological polar surface area (TPSA) is 65.4 Å². The number of hydrogen-bond acceptors (Lipinski definition) is 4. The van der Waals surface area contributed by atoms with Crippen molar-refractivity contribution in [2.24, 2.45) is 5.92 Å². The van der Waals surface area contributed by atoms with Crippen LogP contribution in [-0.4, -0.2) is 29.2 Å². The Morgan fingerprint density at radius 3 is 2.77 bits per heavy atom. The van der Waals surface area contributed by atoms with Gasteiger partial charge in [0.1, 0.15) is 5.82 Å². The summed E-state index contributed by atoms with van der Waals surface area (Å²) in [4.78, 5) is 17.7. The standard InChI is InChI=1S/C29H37N3O3/c1-4-11-22-16-17-26(27(20-22)34-3)35-19-10-18-32-25-15-9-8-14-24(25)31-28(32)21(2)30-29(33)23-12-6-5-7-13-23/h4,8-9,14-17,20-21,23H,1,5-7,10-13,18-19H2,2-3H3,(H,30,33). The third kappa shape index (κ3) is 6.05. The predicted octanol–water partition coefficient (Wildman–Crippen LogP) is 6.00. The molecule has 186 valence electrons. The fourth-order valence-corrected chi connectivity index (χ4v) is 4.95. The highest BCUT2D eigenvalue weighted by atomic mass is 16.5. The summed E-state index contributed by atoms with van der Waals surface area (Å²) in [7, 11) is 1.66. The van der Waals surface area contributed by atoms with Gasteiger partial charge in [0.15, 0.2) is 11.5 Å². The Labute approximate surface area is 208 Å². The smallest absolute Gasteiger partial charge is 0.223 e. The first-order chi connectivity index (χ1) is 17.1. The molecule has 1 atom stereocenters. The second kappa shape index (κ2) is 11.9. The Balaban J connectivity index is 1.43. The molecule has 0 radical (unpaired) electrons. The highest BCUT2D eigenvalue weighted by Gasteiger charge is 2.24. The number of aromatic nitrogens is 2. The number of nitrogens with zero attached hydrogens (tertiary/aromatic N) is 2. The molecule has 4 rings (SSSR count). The van der Waals surface area contributed by atoms with Crippen LogP contribution in [0.15, 0.2) is 55.1 Å². The first-order valence-corrected chi connectivity index (χ1v) is 12.8. The van der Waals surface area contributed by atoms with Gasteiger partial charge in [0.05, 0.1) is 30.8 Å². The second-order valence-electron chi connectivity index (χ2n) is 9.36. The van der Waals surface area contributed by atoms with E-state index in [0.717, 1.165) is 79.0 Å². The van der Waals surface area contributed by atoms with E-state index in [1.54, 1.807) is 7.11 Å². The number of para-hydroxylation sites is 2. The average molecular weight is 476 g/mol. The summed E-state index contributed by atoms with van der Waals surface area (Å²) in [5.41, 5.74) is 3.16. The van der Waals surface area contributed by atoms with Crippen LogP contribution in [0.1, 0.15) is 62.9 Å². The number of allylic oxidation sites excluding steroid dienone is 1. The van der Waals surface area contributed by atoms with Crippen molar-refractivity contribution in [2.75, 3.05) is 13.7 Å². The maximum atomic E-state index is 12.9. The monoisotopic (exact) mass is 475 g/mol. The normalized spacial score (nSPS) is 15.0.